The third-order valence-electron chi connectivity index (χ3n) is 6.38. The largest absolute Gasteiger partial charge is 0.352 e. The lowest BCUT2D eigenvalue weighted by atomic mass is 10.1. The first-order chi connectivity index (χ1) is 18.6. The molecule has 7 nitrogen and oxygen atoms in total. The smallest absolute Gasteiger partial charge is 0.264 e. The second-order valence-corrected chi connectivity index (χ2v) is 11.1. The molecule has 1 N–H and O–H groups in total. The van der Waals surface area contributed by atoms with Gasteiger partial charge in [-0.25, -0.2) is 17.2 Å². The highest BCUT2D eigenvalue weighted by atomic mass is 32.2. The van der Waals surface area contributed by atoms with Crippen molar-refractivity contribution < 1.29 is 26.8 Å². The fourth-order valence-corrected chi connectivity index (χ4v) is 5.44. The Labute approximate surface area is 228 Å². The van der Waals surface area contributed by atoms with Crippen molar-refractivity contribution in [3.05, 3.63) is 96.1 Å². The molecule has 0 aliphatic carbocycles. The number of sulfonamides is 1. The van der Waals surface area contributed by atoms with E-state index in [1.807, 2.05) is 13.8 Å². The van der Waals surface area contributed by atoms with Gasteiger partial charge in [0.1, 0.15) is 24.2 Å². The fourth-order valence-electron chi connectivity index (χ4n) is 4.00. The van der Waals surface area contributed by atoms with Crippen LogP contribution in [0.1, 0.15) is 39.2 Å². The van der Waals surface area contributed by atoms with E-state index in [0.717, 1.165) is 16.4 Å². The predicted octanol–water partition coefficient (Wildman–Crippen LogP) is 4.88. The monoisotopic (exact) mass is 557 g/mol. The van der Waals surface area contributed by atoms with E-state index in [4.69, 9.17) is 0 Å². The molecule has 208 valence electrons. The molecule has 0 radical (unpaired) electrons. The summed E-state index contributed by atoms with van der Waals surface area (Å²) in [5.41, 5.74) is 0.659. The first-order valence-corrected chi connectivity index (χ1v) is 14.2. The van der Waals surface area contributed by atoms with Crippen molar-refractivity contribution >= 4 is 27.5 Å². The zero-order valence-corrected chi connectivity index (χ0v) is 23.0. The summed E-state index contributed by atoms with van der Waals surface area (Å²) in [5, 5.41) is 2.89. The van der Waals surface area contributed by atoms with Crippen molar-refractivity contribution in [2.24, 2.45) is 0 Å². The number of carbonyl (C=O) groups excluding carboxylic acids is 2. The Bertz CT molecular complexity index is 1350. The SMILES string of the molecule is CCC(C)NC(=O)C(CC)N(Cc1ccc(F)cc1)C(=O)CN(c1ccc(F)cc1)S(=O)(=O)c1ccccc1. The quantitative estimate of drug-likeness (QED) is 0.344. The topological polar surface area (TPSA) is 86.8 Å². The van der Waals surface area contributed by atoms with Crippen molar-refractivity contribution in [1.82, 2.24) is 10.2 Å². The molecule has 10 heteroatoms. The summed E-state index contributed by atoms with van der Waals surface area (Å²) >= 11 is 0. The predicted molar refractivity (Wildman–Crippen MR) is 146 cm³/mol. The van der Waals surface area contributed by atoms with Gasteiger partial charge in [0.25, 0.3) is 10.0 Å². The number of amides is 2. The van der Waals surface area contributed by atoms with Crippen LogP contribution in [0.15, 0.2) is 83.8 Å². The number of carbonyl (C=O) groups is 2. The molecule has 0 spiro atoms. The number of nitrogens with one attached hydrogen (secondary N) is 1. The molecule has 0 bridgehead atoms. The van der Waals surface area contributed by atoms with Gasteiger partial charge in [0, 0.05) is 12.6 Å². The van der Waals surface area contributed by atoms with Crippen LogP contribution in [0.3, 0.4) is 0 Å². The lowest BCUT2D eigenvalue weighted by molar-refractivity contribution is -0.140. The molecule has 39 heavy (non-hydrogen) atoms. The summed E-state index contributed by atoms with van der Waals surface area (Å²) < 4.78 is 55.5. The lowest BCUT2D eigenvalue weighted by Gasteiger charge is -2.33. The number of rotatable bonds is 12. The van der Waals surface area contributed by atoms with Crippen LogP contribution in [0.5, 0.6) is 0 Å². The molecular weight excluding hydrogens is 524 g/mol. The molecule has 0 aliphatic rings. The van der Waals surface area contributed by atoms with Gasteiger partial charge in [-0.15, -0.1) is 0 Å². The summed E-state index contributed by atoms with van der Waals surface area (Å²) in [6.45, 7) is 4.83. The van der Waals surface area contributed by atoms with Crippen LogP contribution in [0, 0.1) is 11.6 Å². The normalized spacial score (nSPS) is 12.8. The summed E-state index contributed by atoms with van der Waals surface area (Å²) in [7, 11) is -4.24. The summed E-state index contributed by atoms with van der Waals surface area (Å²) in [6, 6.07) is 16.8. The Hall–Kier alpha value is -3.79. The molecule has 3 aromatic rings. The minimum absolute atomic E-state index is 0.0474. The number of benzene rings is 3. The minimum atomic E-state index is -4.24. The molecule has 0 aliphatic heterocycles. The molecule has 2 amide bonds. The Balaban J connectivity index is 2.03. The average molecular weight is 558 g/mol. The Kier molecular flexibility index (Phi) is 10.2. The molecule has 3 aromatic carbocycles. The zero-order chi connectivity index (χ0) is 28.6. The Morgan fingerprint density at radius 2 is 1.41 bits per heavy atom. The van der Waals surface area contributed by atoms with Gasteiger partial charge in [0.2, 0.25) is 11.8 Å². The van der Waals surface area contributed by atoms with E-state index in [9.17, 15) is 26.8 Å². The summed E-state index contributed by atoms with van der Waals surface area (Å²) in [5.74, 6) is -2.03. The van der Waals surface area contributed by atoms with Gasteiger partial charge < -0.3 is 10.2 Å². The Morgan fingerprint density at radius 1 is 0.846 bits per heavy atom. The second-order valence-electron chi connectivity index (χ2n) is 9.19. The van der Waals surface area contributed by atoms with E-state index in [0.29, 0.717) is 12.0 Å². The zero-order valence-electron chi connectivity index (χ0n) is 22.2. The first-order valence-electron chi connectivity index (χ1n) is 12.7. The van der Waals surface area contributed by atoms with Crippen LogP contribution in [-0.2, 0) is 26.2 Å². The highest BCUT2D eigenvalue weighted by molar-refractivity contribution is 7.92. The number of hydrogen-bond donors (Lipinski definition) is 1. The standard InChI is InChI=1S/C29H33F2N3O4S/c1-4-21(3)32-29(36)27(5-2)33(19-22-11-13-23(30)14-12-22)28(35)20-34(25-17-15-24(31)16-18-25)39(37,38)26-9-7-6-8-10-26/h6-18,21,27H,4-5,19-20H2,1-3H3,(H,32,36). The maximum Gasteiger partial charge on any atom is 0.264 e. The molecule has 0 heterocycles. The van der Waals surface area contributed by atoms with Crippen molar-refractivity contribution in [3.63, 3.8) is 0 Å². The number of hydrogen-bond acceptors (Lipinski definition) is 4. The molecule has 3 rings (SSSR count). The van der Waals surface area contributed by atoms with Crippen molar-refractivity contribution in [2.75, 3.05) is 10.8 Å². The molecule has 0 saturated heterocycles. The summed E-state index contributed by atoms with van der Waals surface area (Å²) in [4.78, 5) is 28.4. The average Bonchev–Trinajstić information content (AvgIpc) is 2.93. The van der Waals surface area contributed by atoms with Crippen molar-refractivity contribution in [3.8, 4) is 0 Å². The molecule has 0 aromatic heterocycles. The third kappa shape index (κ3) is 7.63. The van der Waals surface area contributed by atoms with Gasteiger partial charge in [0.15, 0.2) is 0 Å². The van der Waals surface area contributed by atoms with Crippen molar-refractivity contribution in [2.45, 2.75) is 57.1 Å². The second kappa shape index (κ2) is 13.3. The highest BCUT2D eigenvalue weighted by Gasteiger charge is 2.34. The molecule has 0 fully saturated rings. The minimum Gasteiger partial charge on any atom is -0.352 e. The Morgan fingerprint density at radius 3 is 1.95 bits per heavy atom. The van der Waals surface area contributed by atoms with Crippen LogP contribution in [-0.4, -0.2) is 43.8 Å². The van der Waals surface area contributed by atoms with E-state index in [2.05, 4.69) is 5.32 Å². The number of anilines is 1. The van der Waals surface area contributed by atoms with Gasteiger partial charge in [0.05, 0.1) is 10.6 Å². The van der Waals surface area contributed by atoms with E-state index in [1.54, 1.807) is 25.1 Å². The number of halogens is 2. The van der Waals surface area contributed by atoms with E-state index in [-0.39, 0.29) is 35.5 Å². The summed E-state index contributed by atoms with van der Waals surface area (Å²) in [6.07, 6.45) is 0.943. The maximum atomic E-state index is 13.9. The fraction of sp³-hybridized carbons (Fsp3) is 0.310. The molecular formula is C29H33F2N3O4S. The van der Waals surface area contributed by atoms with Gasteiger partial charge in [-0.2, -0.15) is 0 Å². The first kappa shape index (κ1) is 29.8. The van der Waals surface area contributed by atoms with Crippen LogP contribution < -0.4 is 9.62 Å². The van der Waals surface area contributed by atoms with E-state index < -0.39 is 40.2 Å². The van der Waals surface area contributed by atoms with Crippen molar-refractivity contribution in [1.29, 1.82) is 0 Å². The maximum absolute atomic E-state index is 13.9. The lowest BCUT2D eigenvalue weighted by Crippen LogP contribution is -2.53. The number of nitrogens with zero attached hydrogens (tertiary/aromatic N) is 2. The van der Waals surface area contributed by atoms with Gasteiger partial charge >= 0.3 is 0 Å². The van der Waals surface area contributed by atoms with Crippen LogP contribution in [0.4, 0.5) is 14.5 Å². The van der Waals surface area contributed by atoms with E-state index in [1.165, 1.54) is 53.4 Å². The van der Waals surface area contributed by atoms with Gasteiger partial charge in [-0.3, -0.25) is 13.9 Å². The van der Waals surface area contributed by atoms with Crippen LogP contribution in [0.25, 0.3) is 0 Å². The van der Waals surface area contributed by atoms with Gasteiger partial charge in [-0.1, -0.05) is 44.2 Å². The van der Waals surface area contributed by atoms with Crippen LogP contribution in [0.2, 0.25) is 0 Å². The highest BCUT2D eigenvalue weighted by Crippen LogP contribution is 2.25. The van der Waals surface area contributed by atoms with E-state index >= 15 is 0 Å². The van der Waals surface area contributed by atoms with Gasteiger partial charge in [-0.05, 0) is 73.9 Å². The van der Waals surface area contributed by atoms with Crippen LogP contribution >= 0.6 is 0 Å². The third-order valence-corrected chi connectivity index (χ3v) is 8.17. The molecule has 2 atom stereocenters. The molecule has 0 saturated carbocycles. The molecule has 2 unspecified atom stereocenters.